The first-order valence-electron chi connectivity index (χ1n) is 5.13. The highest BCUT2D eigenvalue weighted by Crippen LogP contribution is 2.28. The molecule has 3 N–H and O–H groups in total. The van der Waals surface area contributed by atoms with E-state index in [0.29, 0.717) is 11.8 Å². The van der Waals surface area contributed by atoms with E-state index in [-0.39, 0.29) is 6.04 Å². The fraction of sp³-hybridized carbons (Fsp3) is 0.900. The summed E-state index contributed by atoms with van der Waals surface area (Å²) in [6.45, 7) is 0.885. The van der Waals surface area contributed by atoms with Gasteiger partial charge in [0.25, 0.3) is 0 Å². The molecule has 0 amide bonds. The lowest BCUT2D eigenvalue weighted by Gasteiger charge is -2.29. The summed E-state index contributed by atoms with van der Waals surface area (Å²) < 4.78 is 0. The molecule has 1 atom stereocenters. The number of hydrogen-bond donors (Lipinski definition) is 2. The van der Waals surface area contributed by atoms with Gasteiger partial charge in [-0.3, -0.25) is 0 Å². The van der Waals surface area contributed by atoms with Gasteiger partial charge in [0.1, 0.15) is 6.29 Å². The number of carbonyl (C=O) groups excluding carboxylic acids is 1. The molecular formula is C10H20N2O. The van der Waals surface area contributed by atoms with Crippen LogP contribution >= 0.6 is 0 Å². The van der Waals surface area contributed by atoms with Gasteiger partial charge in [-0.15, -0.1) is 0 Å². The fourth-order valence-corrected chi connectivity index (χ4v) is 2.11. The molecule has 1 saturated carbocycles. The van der Waals surface area contributed by atoms with Gasteiger partial charge >= 0.3 is 0 Å². The first-order valence-corrected chi connectivity index (χ1v) is 5.13. The standard InChI is InChI=1S/C10H20N2O/c1-12-6-10(11)9-4-2-8(7-13)3-5-9/h7-10,12H,2-6,11H2,1H3. The van der Waals surface area contributed by atoms with Crippen molar-refractivity contribution in [3.8, 4) is 0 Å². The molecule has 0 spiro atoms. The third kappa shape index (κ3) is 3.08. The van der Waals surface area contributed by atoms with Crippen molar-refractivity contribution < 1.29 is 4.79 Å². The van der Waals surface area contributed by atoms with Crippen molar-refractivity contribution in [1.29, 1.82) is 0 Å². The Morgan fingerprint density at radius 2 is 2.08 bits per heavy atom. The molecule has 3 nitrogen and oxygen atoms in total. The Morgan fingerprint density at radius 3 is 2.54 bits per heavy atom. The van der Waals surface area contributed by atoms with Gasteiger partial charge in [0, 0.05) is 18.5 Å². The zero-order valence-electron chi connectivity index (χ0n) is 8.33. The minimum atomic E-state index is 0.262. The van der Waals surface area contributed by atoms with Crippen LogP contribution < -0.4 is 11.1 Å². The van der Waals surface area contributed by atoms with Gasteiger partial charge in [0.2, 0.25) is 0 Å². The summed E-state index contributed by atoms with van der Waals surface area (Å²) in [5.74, 6) is 0.918. The average molecular weight is 184 g/mol. The Kier molecular flexibility index (Phi) is 4.39. The zero-order valence-corrected chi connectivity index (χ0v) is 8.33. The lowest BCUT2D eigenvalue weighted by atomic mass is 9.79. The van der Waals surface area contributed by atoms with Crippen LogP contribution in [0.2, 0.25) is 0 Å². The number of hydrogen-bond acceptors (Lipinski definition) is 3. The van der Waals surface area contributed by atoms with Gasteiger partial charge in [0.05, 0.1) is 0 Å². The van der Waals surface area contributed by atoms with E-state index in [1.165, 1.54) is 0 Å². The number of aldehydes is 1. The number of carbonyl (C=O) groups is 1. The van der Waals surface area contributed by atoms with Gasteiger partial charge in [-0.25, -0.2) is 0 Å². The maximum atomic E-state index is 10.5. The summed E-state index contributed by atoms with van der Waals surface area (Å²) in [7, 11) is 1.93. The molecular weight excluding hydrogens is 164 g/mol. The molecule has 0 aromatic rings. The zero-order chi connectivity index (χ0) is 9.68. The SMILES string of the molecule is CNCC(N)C1CCC(C=O)CC1. The summed E-state index contributed by atoms with van der Waals surface area (Å²) in [5.41, 5.74) is 6.00. The minimum Gasteiger partial charge on any atom is -0.326 e. The van der Waals surface area contributed by atoms with Crippen molar-refractivity contribution in [2.45, 2.75) is 31.7 Å². The predicted molar refractivity (Wildman–Crippen MR) is 53.4 cm³/mol. The molecule has 1 aliphatic carbocycles. The number of nitrogens with two attached hydrogens (primary N) is 1. The monoisotopic (exact) mass is 184 g/mol. The van der Waals surface area contributed by atoms with Crippen LogP contribution in [0.15, 0.2) is 0 Å². The van der Waals surface area contributed by atoms with Crippen molar-refractivity contribution in [3.05, 3.63) is 0 Å². The summed E-state index contributed by atoms with van der Waals surface area (Å²) in [6, 6.07) is 0.262. The molecule has 1 fully saturated rings. The Balaban J connectivity index is 2.27. The predicted octanol–water partition coefficient (Wildman–Crippen LogP) is 0.538. The summed E-state index contributed by atoms with van der Waals surface area (Å²) >= 11 is 0. The highest BCUT2D eigenvalue weighted by molar-refractivity contribution is 5.53. The van der Waals surface area contributed by atoms with Crippen molar-refractivity contribution >= 4 is 6.29 Å². The molecule has 0 radical (unpaired) electrons. The maximum Gasteiger partial charge on any atom is 0.123 e. The smallest absolute Gasteiger partial charge is 0.123 e. The van der Waals surface area contributed by atoms with Crippen LogP contribution in [-0.4, -0.2) is 25.9 Å². The largest absolute Gasteiger partial charge is 0.326 e. The maximum absolute atomic E-state index is 10.5. The second kappa shape index (κ2) is 5.35. The van der Waals surface area contributed by atoms with Crippen molar-refractivity contribution in [2.24, 2.45) is 17.6 Å². The van der Waals surface area contributed by atoms with E-state index in [0.717, 1.165) is 38.5 Å². The second-order valence-corrected chi connectivity index (χ2v) is 4.03. The first kappa shape index (κ1) is 10.7. The molecule has 13 heavy (non-hydrogen) atoms. The number of rotatable bonds is 4. The summed E-state index contributed by atoms with van der Waals surface area (Å²) in [5, 5.41) is 3.10. The normalized spacial score (nSPS) is 31.2. The highest BCUT2D eigenvalue weighted by Gasteiger charge is 2.24. The molecule has 0 heterocycles. The van der Waals surface area contributed by atoms with E-state index in [1.807, 2.05) is 7.05 Å². The van der Waals surface area contributed by atoms with Crippen LogP contribution in [0.4, 0.5) is 0 Å². The van der Waals surface area contributed by atoms with Crippen LogP contribution in [0, 0.1) is 11.8 Å². The van der Waals surface area contributed by atoms with Gasteiger partial charge < -0.3 is 15.8 Å². The minimum absolute atomic E-state index is 0.262. The van der Waals surface area contributed by atoms with E-state index in [4.69, 9.17) is 5.73 Å². The van der Waals surface area contributed by atoms with E-state index < -0.39 is 0 Å². The lowest BCUT2D eigenvalue weighted by Crippen LogP contribution is -2.40. The van der Waals surface area contributed by atoms with E-state index in [9.17, 15) is 4.79 Å². The molecule has 0 aromatic carbocycles. The van der Waals surface area contributed by atoms with E-state index in [1.54, 1.807) is 0 Å². The quantitative estimate of drug-likeness (QED) is 0.627. The van der Waals surface area contributed by atoms with Gasteiger partial charge in [0.15, 0.2) is 0 Å². The third-order valence-electron chi connectivity index (χ3n) is 3.05. The van der Waals surface area contributed by atoms with Gasteiger partial charge in [-0.05, 0) is 38.6 Å². The topological polar surface area (TPSA) is 55.1 Å². The molecule has 0 bridgehead atoms. The molecule has 0 aromatic heterocycles. The molecule has 1 rings (SSSR count). The second-order valence-electron chi connectivity index (χ2n) is 4.03. The molecule has 76 valence electrons. The highest BCUT2D eigenvalue weighted by atomic mass is 16.1. The van der Waals surface area contributed by atoms with Crippen molar-refractivity contribution in [3.63, 3.8) is 0 Å². The fourth-order valence-electron chi connectivity index (χ4n) is 2.11. The third-order valence-corrected chi connectivity index (χ3v) is 3.05. The van der Waals surface area contributed by atoms with Crippen LogP contribution in [0.25, 0.3) is 0 Å². The Labute approximate surface area is 80.1 Å². The Hall–Kier alpha value is -0.410. The number of likely N-dealkylation sites (N-methyl/N-ethyl adjacent to an activating group) is 1. The van der Waals surface area contributed by atoms with Crippen molar-refractivity contribution in [2.75, 3.05) is 13.6 Å². The van der Waals surface area contributed by atoms with Crippen LogP contribution in [0.5, 0.6) is 0 Å². The molecule has 1 unspecified atom stereocenters. The first-order chi connectivity index (χ1) is 6.27. The Morgan fingerprint density at radius 1 is 1.46 bits per heavy atom. The molecule has 0 aliphatic heterocycles. The lowest BCUT2D eigenvalue weighted by molar-refractivity contribution is -0.112. The van der Waals surface area contributed by atoms with E-state index >= 15 is 0 Å². The van der Waals surface area contributed by atoms with Crippen LogP contribution in [-0.2, 0) is 4.79 Å². The summed E-state index contributed by atoms with van der Waals surface area (Å²) in [4.78, 5) is 10.5. The van der Waals surface area contributed by atoms with Crippen LogP contribution in [0.3, 0.4) is 0 Å². The van der Waals surface area contributed by atoms with Gasteiger partial charge in [-0.1, -0.05) is 0 Å². The van der Waals surface area contributed by atoms with E-state index in [2.05, 4.69) is 5.32 Å². The molecule has 0 saturated heterocycles. The van der Waals surface area contributed by atoms with Crippen LogP contribution in [0.1, 0.15) is 25.7 Å². The molecule has 3 heteroatoms. The number of nitrogens with one attached hydrogen (secondary N) is 1. The van der Waals surface area contributed by atoms with Crippen molar-refractivity contribution in [1.82, 2.24) is 5.32 Å². The molecule has 1 aliphatic rings. The van der Waals surface area contributed by atoms with Gasteiger partial charge in [-0.2, -0.15) is 0 Å². The summed E-state index contributed by atoms with van der Waals surface area (Å²) in [6.07, 6.45) is 5.40. The Bertz CT molecular complexity index is 153. The average Bonchev–Trinajstić information content (AvgIpc) is 2.18.